The van der Waals surface area contributed by atoms with Crippen LogP contribution >= 0.6 is 11.6 Å². The zero-order valence-corrected chi connectivity index (χ0v) is 15.0. The molecule has 1 aromatic heterocycles. The van der Waals surface area contributed by atoms with Crippen LogP contribution in [0.2, 0.25) is 5.02 Å². The zero-order chi connectivity index (χ0) is 19.7. The molecule has 27 heavy (non-hydrogen) atoms. The van der Waals surface area contributed by atoms with Gasteiger partial charge < -0.3 is 20.5 Å². The number of nitrogens with one attached hydrogen (secondary N) is 1. The van der Waals surface area contributed by atoms with E-state index in [1.54, 1.807) is 0 Å². The predicted octanol–water partition coefficient (Wildman–Crippen LogP) is 4.11. The van der Waals surface area contributed by atoms with Crippen LogP contribution in [0.25, 0.3) is 10.9 Å². The van der Waals surface area contributed by atoms with E-state index < -0.39 is 23.3 Å². The number of methoxy groups -OCH3 is 1. The number of primary amides is 1. The third kappa shape index (κ3) is 3.31. The largest absolute Gasteiger partial charge is 0.496 e. The lowest BCUT2D eigenvalue weighted by atomic mass is 10.1. The molecule has 0 atom stereocenters. The summed E-state index contributed by atoms with van der Waals surface area (Å²) in [5, 5.41) is 2.59. The van der Waals surface area contributed by atoms with Crippen molar-refractivity contribution in [2.75, 3.05) is 19.5 Å². The van der Waals surface area contributed by atoms with E-state index in [-0.39, 0.29) is 27.8 Å². The summed E-state index contributed by atoms with van der Waals surface area (Å²) in [5.74, 6) is -3.13. The minimum atomic E-state index is -1.06. The second-order valence-electron chi connectivity index (χ2n) is 5.46. The number of anilines is 1. The molecule has 1 amide bonds. The number of nitrogens with two attached hydrogens (primary N) is 1. The van der Waals surface area contributed by atoms with Crippen molar-refractivity contribution in [3.63, 3.8) is 0 Å². The van der Waals surface area contributed by atoms with Gasteiger partial charge in [0.2, 0.25) is 0 Å². The highest BCUT2D eigenvalue weighted by Crippen LogP contribution is 2.39. The molecule has 0 aliphatic heterocycles. The van der Waals surface area contributed by atoms with Crippen LogP contribution in [-0.2, 0) is 0 Å². The average molecular weight is 394 g/mol. The Kier molecular flexibility index (Phi) is 5.00. The number of rotatable bonds is 5. The monoisotopic (exact) mass is 393 g/mol. The van der Waals surface area contributed by atoms with Gasteiger partial charge in [-0.2, -0.15) is 0 Å². The molecule has 3 rings (SSSR count). The van der Waals surface area contributed by atoms with Crippen LogP contribution in [0.1, 0.15) is 10.4 Å². The molecule has 6 nitrogen and oxygen atoms in total. The van der Waals surface area contributed by atoms with Gasteiger partial charge in [0.1, 0.15) is 16.5 Å². The Morgan fingerprint density at radius 3 is 2.63 bits per heavy atom. The van der Waals surface area contributed by atoms with Crippen molar-refractivity contribution in [1.82, 2.24) is 4.98 Å². The van der Waals surface area contributed by atoms with Crippen LogP contribution in [0.15, 0.2) is 30.5 Å². The Labute approximate surface area is 157 Å². The number of carbonyl (C=O) groups excluding carboxylic acids is 1. The van der Waals surface area contributed by atoms with E-state index >= 15 is 0 Å². The number of amides is 1. The van der Waals surface area contributed by atoms with E-state index in [9.17, 15) is 13.6 Å². The molecule has 0 radical (unpaired) electrons. The van der Waals surface area contributed by atoms with Gasteiger partial charge in [0.25, 0.3) is 5.91 Å². The van der Waals surface area contributed by atoms with Gasteiger partial charge in [0.05, 0.1) is 23.9 Å². The van der Waals surface area contributed by atoms with Crippen molar-refractivity contribution in [3.8, 4) is 17.2 Å². The minimum Gasteiger partial charge on any atom is -0.496 e. The quantitative estimate of drug-likeness (QED) is 0.637. The van der Waals surface area contributed by atoms with Crippen LogP contribution in [0.4, 0.5) is 14.5 Å². The highest BCUT2D eigenvalue weighted by Gasteiger charge is 2.21. The number of hydrogen-bond donors (Lipinski definition) is 2. The molecule has 3 aromatic rings. The lowest BCUT2D eigenvalue weighted by molar-refractivity contribution is 0.0997. The minimum absolute atomic E-state index is 0.0660. The fourth-order valence-electron chi connectivity index (χ4n) is 2.56. The molecule has 0 aliphatic carbocycles. The third-order valence-electron chi connectivity index (χ3n) is 3.89. The van der Waals surface area contributed by atoms with E-state index in [1.165, 1.54) is 38.6 Å². The van der Waals surface area contributed by atoms with Gasteiger partial charge >= 0.3 is 0 Å². The average Bonchev–Trinajstić information content (AvgIpc) is 2.66. The number of halogens is 3. The van der Waals surface area contributed by atoms with Crippen LogP contribution < -0.4 is 20.5 Å². The lowest BCUT2D eigenvalue weighted by Crippen LogP contribution is -2.12. The normalized spacial score (nSPS) is 10.7. The van der Waals surface area contributed by atoms with Gasteiger partial charge in [-0.15, -0.1) is 0 Å². The molecule has 1 heterocycles. The van der Waals surface area contributed by atoms with Crippen molar-refractivity contribution >= 4 is 34.1 Å². The predicted molar refractivity (Wildman–Crippen MR) is 97.8 cm³/mol. The summed E-state index contributed by atoms with van der Waals surface area (Å²) in [4.78, 5) is 15.8. The topological polar surface area (TPSA) is 86.5 Å². The Bertz CT molecular complexity index is 1060. The van der Waals surface area contributed by atoms with Crippen LogP contribution in [0.5, 0.6) is 17.2 Å². The van der Waals surface area contributed by atoms with Gasteiger partial charge in [-0.05, 0) is 12.1 Å². The highest BCUT2D eigenvalue weighted by atomic mass is 35.5. The summed E-state index contributed by atoms with van der Waals surface area (Å²) in [6.07, 6.45) is 1.39. The molecule has 0 unspecified atom stereocenters. The maximum absolute atomic E-state index is 14.5. The first kappa shape index (κ1) is 18.7. The molecule has 0 bridgehead atoms. The zero-order valence-electron chi connectivity index (χ0n) is 14.3. The first-order chi connectivity index (χ1) is 12.9. The molecule has 0 fully saturated rings. The van der Waals surface area contributed by atoms with E-state index in [1.807, 2.05) is 0 Å². The van der Waals surface area contributed by atoms with Gasteiger partial charge in [-0.1, -0.05) is 11.6 Å². The van der Waals surface area contributed by atoms with Gasteiger partial charge in [-0.3, -0.25) is 9.78 Å². The molecule has 0 spiro atoms. The molecule has 0 saturated heterocycles. The number of hydrogen-bond acceptors (Lipinski definition) is 5. The standard InChI is InChI=1S/C18H14ClF2N3O3/c1-23-12-6-10(20)17(16(21)15(12)19)27-13-3-4-24-11-7-14(26-2)9(18(22)25)5-8(11)13/h3-7,23H,1-2H3,(H2,22,25). The Balaban J connectivity index is 2.18. The van der Waals surface area contributed by atoms with E-state index in [0.717, 1.165) is 6.07 Å². The van der Waals surface area contributed by atoms with Crippen molar-refractivity contribution < 1.29 is 23.0 Å². The maximum atomic E-state index is 14.5. The second-order valence-corrected chi connectivity index (χ2v) is 5.84. The molecule has 140 valence electrons. The van der Waals surface area contributed by atoms with Crippen LogP contribution in [-0.4, -0.2) is 25.0 Å². The molecular weight excluding hydrogens is 380 g/mol. The van der Waals surface area contributed by atoms with E-state index in [2.05, 4.69) is 10.3 Å². The number of carbonyl (C=O) groups is 1. The Morgan fingerprint density at radius 2 is 2.00 bits per heavy atom. The fraction of sp³-hybridized carbons (Fsp3) is 0.111. The number of pyridine rings is 1. The van der Waals surface area contributed by atoms with Crippen LogP contribution in [0, 0.1) is 11.6 Å². The van der Waals surface area contributed by atoms with E-state index in [4.69, 9.17) is 26.8 Å². The van der Waals surface area contributed by atoms with Gasteiger partial charge in [-0.25, -0.2) is 8.78 Å². The molecule has 2 aromatic carbocycles. The first-order valence-electron chi connectivity index (χ1n) is 7.67. The maximum Gasteiger partial charge on any atom is 0.252 e. The van der Waals surface area contributed by atoms with Crippen molar-refractivity contribution in [2.24, 2.45) is 5.73 Å². The SMILES string of the molecule is CNc1cc(F)c(Oc2ccnc3cc(OC)c(C(N)=O)cc23)c(F)c1Cl. The molecule has 0 saturated carbocycles. The highest BCUT2D eigenvalue weighted by molar-refractivity contribution is 6.33. The smallest absolute Gasteiger partial charge is 0.252 e. The second kappa shape index (κ2) is 7.24. The Hall–Kier alpha value is -3.13. The number of benzene rings is 2. The van der Waals surface area contributed by atoms with Crippen molar-refractivity contribution in [1.29, 1.82) is 0 Å². The summed E-state index contributed by atoms with van der Waals surface area (Å²) >= 11 is 5.89. The summed E-state index contributed by atoms with van der Waals surface area (Å²) in [6.45, 7) is 0. The Morgan fingerprint density at radius 1 is 1.26 bits per heavy atom. The summed E-state index contributed by atoms with van der Waals surface area (Å²) in [5.41, 5.74) is 5.90. The first-order valence-corrected chi connectivity index (χ1v) is 8.04. The van der Waals surface area contributed by atoms with E-state index in [0.29, 0.717) is 10.9 Å². The van der Waals surface area contributed by atoms with Crippen molar-refractivity contribution in [2.45, 2.75) is 0 Å². The number of ether oxygens (including phenoxy) is 2. The van der Waals surface area contributed by atoms with Crippen molar-refractivity contribution in [3.05, 3.63) is 52.7 Å². The molecule has 0 aliphatic rings. The number of aromatic nitrogens is 1. The van der Waals surface area contributed by atoms with Crippen LogP contribution in [0.3, 0.4) is 0 Å². The lowest BCUT2D eigenvalue weighted by Gasteiger charge is -2.14. The van der Waals surface area contributed by atoms with Gasteiger partial charge in [0, 0.05) is 30.8 Å². The number of fused-ring (bicyclic) bond motifs is 1. The third-order valence-corrected chi connectivity index (χ3v) is 4.26. The molecular formula is C18H14ClF2N3O3. The summed E-state index contributed by atoms with van der Waals surface area (Å²) in [6, 6.07) is 5.28. The molecule has 3 N–H and O–H groups in total. The molecule has 9 heteroatoms. The van der Waals surface area contributed by atoms with Gasteiger partial charge in [0.15, 0.2) is 17.4 Å². The fourth-order valence-corrected chi connectivity index (χ4v) is 2.80. The summed E-state index contributed by atoms with van der Waals surface area (Å²) < 4.78 is 39.4. The summed E-state index contributed by atoms with van der Waals surface area (Å²) in [7, 11) is 2.86. The number of nitrogens with zero attached hydrogens (tertiary/aromatic N) is 1.